The van der Waals surface area contributed by atoms with Gasteiger partial charge in [0.25, 0.3) is 0 Å². The van der Waals surface area contributed by atoms with Crippen molar-refractivity contribution in [1.82, 2.24) is 14.6 Å². The quantitative estimate of drug-likeness (QED) is 0.436. The van der Waals surface area contributed by atoms with Gasteiger partial charge in [-0.15, -0.1) is 11.8 Å². The Morgan fingerprint density at radius 1 is 1.14 bits per heavy atom. The number of anilines is 1. The summed E-state index contributed by atoms with van der Waals surface area (Å²) >= 11 is 8.79. The summed E-state index contributed by atoms with van der Waals surface area (Å²) in [5.41, 5.74) is -0.132. The fourth-order valence-electron chi connectivity index (χ4n) is 4.04. The molecule has 182 valence electrons. The normalized spacial score (nSPS) is 22.9. The van der Waals surface area contributed by atoms with Crippen LogP contribution in [-0.4, -0.2) is 47.7 Å². The highest BCUT2D eigenvalue weighted by Crippen LogP contribution is 2.41. The van der Waals surface area contributed by atoms with E-state index in [0.717, 1.165) is 18.2 Å². The number of ketones is 1. The number of amides is 1. The Morgan fingerprint density at radius 2 is 1.94 bits per heavy atom. The van der Waals surface area contributed by atoms with E-state index >= 15 is 0 Å². The lowest BCUT2D eigenvalue weighted by atomic mass is 9.79. The van der Waals surface area contributed by atoms with Crippen molar-refractivity contribution in [3.63, 3.8) is 0 Å². The second-order valence-electron chi connectivity index (χ2n) is 8.25. The maximum Gasteiger partial charge on any atom is 0.302 e. The number of halogens is 1. The van der Waals surface area contributed by atoms with Crippen molar-refractivity contribution in [2.75, 3.05) is 17.8 Å². The van der Waals surface area contributed by atoms with Crippen LogP contribution < -0.4 is 10.0 Å². The monoisotopic (exact) mass is 548 g/mol. The Balaban J connectivity index is 1.48. The number of nitrogens with one attached hydrogen (secondary N) is 2. The summed E-state index contributed by atoms with van der Waals surface area (Å²) < 4.78 is 29.0. The van der Waals surface area contributed by atoms with Crippen molar-refractivity contribution in [2.24, 2.45) is 0 Å². The second kappa shape index (κ2) is 9.55. The zero-order chi connectivity index (χ0) is 24.6. The lowest BCUT2D eigenvalue weighted by Gasteiger charge is -2.39. The molecule has 0 bridgehead atoms. The molecule has 1 aromatic carbocycles. The predicted octanol–water partition coefficient (Wildman–Crippen LogP) is 3.65. The van der Waals surface area contributed by atoms with E-state index in [4.69, 9.17) is 11.6 Å². The molecule has 12 heteroatoms. The Hall–Kier alpha value is -2.44. The minimum Gasteiger partial charge on any atom is -0.339 e. The molecular weight excluding hydrogens is 528 g/mol. The number of carbonyl (C=O) groups is 2. The first kappa shape index (κ1) is 24.3. The molecule has 0 spiro atoms. The van der Waals surface area contributed by atoms with Crippen molar-refractivity contribution in [3.05, 3.63) is 75.6 Å². The Bertz CT molecular complexity index is 1360. The number of benzene rings is 1. The second-order valence-corrected chi connectivity index (χ2v) is 12.3. The van der Waals surface area contributed by atoms with Crippen molar-refractivity contribution in [2.45, 2.75) is 28.5 Å². The average molecular weight is 549 g/mol. The van der Waals surface area contributed by atoms with E-state index in [1.807, 2.05) is 16.8 Å². The molecule has 2 aliphatic heterocycles. The van der Waals surface area contributed by atoms with Crippen LogP contribution in [0.5, 0.6) is 0 Å². The number of pyridine rings is 1. The maximum absolute atomic E-state index is 13.4. The number of rotatable bonds is 7. The molecule has 2 unspecified atom stereocenters. The summed E-state index contributed by atoms with van der Waals surface area (Å²) in [6.07, 6.45) is 0.782. The summed E-state index contributed by atoms with van der Waals surface area (Å²) in [5.74, 6) is -0.595. The van der Waals surface area contributed by atoms with E-state index in [1.165, 1.54) is 15.6 Å². The van der Waals surface area contributed by atoms with Gasteiger partial charge in [0.05, 0.1) is 10.7 Å². The van der Waals surface area contributed by atoms with Gasteiger partial charge in [-0.05, 0) is 53.1 Å². The van der Waals surface area contributed by atoms with Gasteiger partial charge in [-0.25, -0.2) is 4.98 Å². The first-order chi connectivity index (χ1) is 16.8. The Kier molecular flexibility index (Phi) is 6.62. The number of piperidine rings is 1. The summed E-state index contributed by atoms with van der Waals surface area (Å²) in [7, 11) is -3.71. The third-order valence-electron chi connectivity index (χ3n) is 5.98. The van der Waals surface area contributed by atoms with Gasteiger partial charge in [0.15, 0.2) is 5.78 Å². The number of hydrogen-bond donors (Lipinski definition) is 2. The molecular formula is C23H21ClN4O4S3. The van der Waals surface area contributed by atoms with Gasteiger partial charge in [0, 0.05) is 24.4 Å². The first-order valence-corrected chi connectivity index (χ1v) is 14.5. The van der Waals surface area contributed by atoms with E-state index in [-0.39, 0.29) is 18.0 Å². The zero-order valence-electron chi connectivity index (χ0n) is 18.3. The molecule has 1 amide bonds. The van der Waals surface area contributed by atoms with Crippen LogP contribution in [0.1, 0.15) is 24.1 Å². The van der Waals surface area contributed by atoms with E-state index < -0.39 is 26.9 Å². The molecule has 3 aromatic rings. The fraction of sp³-hybridized carbons (Fsp3) is 0.261. The van der Waals surface area contributed by atoms with Crippen molar-refractivity contribution in [3.8, 4) is 0 Å². The highest BCUT2D eigenvalue weighted by atomic mass is 35.5. The number of Topliss-reactive ketones (excluding diaryl/α,β-unsaturated/α-hetero) is 1. The number of aromatic nitrogens is 1. The van der Waals surface area contributed by atoms with Crippen LogP contribution in [0.15, 0.2) is 64.2 Å². The molecule has 2 saturated heterocycles. The summed E-state index contributed by atoms with van der Waals surface area (Å²) in [4.78, 5) is 31.9. The highest BCUT2D eigenvalue weighted by molar-refractivity contribution is 8.01. The summed E-state index contributed by atoms with van der Waals surface area (Å²) in [6.45, 7) is 0.922. The van der Waals surface area contributed by atoms with Crippen molar-refractivity contribution < 1.29 is 18.0 Å². The topological polar surface area (TPSA) is 108 Å². The van der Waals surface area contributed by atoms with Gasteiger partial charge in [-0.3, -0.25) is 14.3 Å². The minimum absolute atomic E-state index is 0.0348. The molecule has 35 heavy (non-hydrogen) atoms. The number of nitrogens with zero attached hydrogens (tertiary/aromatic N) is 2. The molecule has 2 fully saturated rings. The van der Waals surface area contributed by atoms with Crippen LogP contribution in [0.4, 0.5) is 5.82 Å². The standard InChI is InChI=1S/C23H21ClN4O4S3/c24-16-5-1-2-6-18(16)34-21-17(29)13-23(26-22(21)30,15-9-12-33-14-15)19-7-3-8-20(25-19)27-35(31,32)28-10-4-11-28/h1-3,5-9,12,14,21H,4,10-11,13H2,(H,25,27)(H,26,30). The fourth-order valence-corrected chi connectivity index (χ4v) is 7.26. The van der Waals surface area contributed by atoms with E-state index in [9.17, 15) is 18.0 Å². The van der Waals surface area contributed by atoms with Gasteiger partial charge in [0.1, 0.15) is 16.6 Å². The largest absolute Gasteiger partial charge is 0.339 e. The number of hydrogen-bond acceptors (Lipinski definition) is 7. The number of thiophene rings is 1. The minimum atomic E-state index is -3.71. The van der Waals surface area contributed by atoms with E-state index in [2.05, 4.69) is 15.0 Å². The lowest BCUT2D eigenvalue weighted by molar-refractivity contribution is -0.133. The molecule has 8 nitrogen and oxygen atoms in total. The van der Waals surface area contributed by atoms with E-state index in [0.29, 0.717) is 34.3 Å². The van der Waals surface area contributed by atoms with Crippen LogP contribution in [0.2, 0.25) is 5.02 Å². The predicted molar refractivity (Wildman–Crippen MR) is 137 cm³/mol. The number of thioether (sulfide) groups is 1. The molecule has 5 rings (SSSR count). The molecule has 4 heterocycles. The van der Waals surface area contributed by atoms with Gasteiger partial charge >= 0.3 is 10.2 Å². The van der Waals surface area contributed by atoms with Crippen molar-refractivity contribution in [1.29, 1.82) is 0 Å². The molecule has 0 radical (unpaired) electrons. The zero-order valence-corrected chi connectivity index (χ0v) is 21.5. The van der Waals surface area contributed by atoms with Gasteiger partial charge in [-0.2, -0.15) is 24.1 Å². The lowest BCUT2D eigenvalue weighted by Crippen LogP contribution is -2.58. The molecule has 0 saturated carbocycles. The molecule has 2 atom stereocenters. The molecule has 2 N–H and O–H groups in total. The highest BCUT2D eigenvalue weighted by Gasteiger charge is 2.48. The van der Waals surface area contributed by atoms with Crippen LogP contribution in [-0.2, 0) is 25.3 Å². The number of carbonyl (C=O) groups excluding carboxylic acids is 2. The maximum atomic E-state index is 13.4. The van der Waals surface area contributed by atoms with Crippen LogP contribution >= 0.6 is 34.7 Å². The average Bonchev–Trinajstić information content (AvgIpc) is 3.31. The first-order valence-electron chi connectivity index (χ1n) is 10.8. The third kappa shape index (κ3) is 4.70. The molecule has 0 aliphatic carbocycles. The molecule has 2 aliphatic rings. The van der Waals surface area contributed by atoms with Gasteiger partial charge in [-0.1, -0.05) is 29.8 Å². The van der Waals surface area contributed by atoms with E-state index in [1.54, 1.807) is 42.5 Å². The van der Waals surface area contributed by atoms with Gasteiger partial charge < -0.3 is 5.32 Å². The Morgan fingerprint density at radius 3 is 2.60 bits per heavy atom. The van der Waals surface area contributed by atoms with Crippen LogP contribution in [0.25, 0.3) is 0 Å². The summed E-state index contributed by atoms with van der Waals surface area (Å²) in [6, 6.07) is 13.8. The van der Waals surface area contributed by atoms with Crippen molar-refractivity contribution >= 4 is 62.4 Å². The smallest absolute Gasteiger partial charge is 0.302 e. The summed E-state index contributed by atoms with van der Waals surface area (Å²) in [5, 5.41) is 6.25. The SMILES string of the molecule is O=C1CC(c2ccsc2)(c2cccc(NS(=O)(=O)N3CCC3)n2)NC(=O)C1Sc1ccccc1Cl. The Labute approximate surface area is 216 Å². The van der Waals surface area contributed by atoms with Gasteiger partial charge in [0.2, 0.25) is 5.91 Å². The third-order valence-corrected chi connectivity index (χ3v) is 9.94. The van der Waals surface area contributed by atoms with Crippen LogP contribution in [0, 0.1) is 0 Å². The molecule has 2 aromatic heterocycles. The van der Waals surface area contributed by atoms with Crippen LogP contribution in [0.3, 0.4) is 0 Å².